The summed E-state index contributed by atoms with van der Waals surface area (Å²) in [6, 6.07) is 6.29. The Morgan fingerprint density at radius 1 is 1.19 bits per heavy atom. The van der Waals surface area contributed by atoms with Crippen molar-refractivity contribution in [2.24, 2.45) is 0 Å². The average molecular weight is 218 g/mol. The molecule has 1 spiro atoms. The van der Waals surface area contributed by atoms with Gasteiger partial charge in [0.25, 0.3) is 0 Å². The van der Waals surface area contributed by atoms with Crippen molar-refractivity contribution >= 4 is 0 Å². The molecule has 0 N–H and O–H groups in total. The van der Waals surface area contributed by atoms with Crippen LogP contribution in [0.3, 0.4) is 0 Å². The predicted molar refractivity (Wildman–Crippen MR) is 63.3 cm³/mol. The first-order valence-corrected chi connectivity index (χ1v) is 6.16. The van der Waals surface area contributed by atoms with Gasteiger partial charge in [0.2, 0.25) is 0 Å². The highest BCUT2D eigenvalue weighted by atomic mass is 16.5. The minimum absolute atomic E-state index is 0.294. The maximum absolute atomic E-state index is 5.89. The van der Waals surface area contributed by atoms with Crippen LogP contribution >= 0.6 is 0 Å². The zero-order chi connectivity index (χ0) is 11.0. The van der Waals surface area contributed by atoms with Gasteiger partial charge in [0.05, 0.1) is 13.7 Å². The van der Waals surface area contributed by atoms with Crippen molar-refractivity contribution in [3.05, 3.63) is 23.8 Å². The minimum atomic E-state index is 0.294. The van der Waals surface area contributed by atoms with Gasteiger partial charge in [-0.2, -0.15) is 0 Å². The third-order valence-electron chi connectivity index (χ3n) is 4.07. The molecule has 1 aromatic carbocycles. The molecule has 0 saturated heterocycles. The van der Waals surface area contributed by atoms with Gasteiger partial charge in [-0.1, -0.05) is 31.4 Å². The van der Waals surface area contributed by atoms with Crippen LogP contribution in [0.5, 0.6) is 11.5 Å². The van der Waals surface area contributed by atoms with Gasteiger partial charge in [-0.3, -0.25) is 0 Å². The van der Waals surface area contributed by atoms with Gasteiger partial charge in [-0.15, -0.1) is 0 Å². The second-order valence-electron chi connectivity index (χ2n) is 4.97. The highest BCUT2D eigenvalue weighted by Crippen LogP contribution is 2.50. The van der Waals surface area contributed by atoms with Crippen LogP contribution in [0.1, 0.15) is 37.7 Å². The molecule has 86 valence electrons. The van der Waals surface area contributed by atoms with Crippen LogP contribution in [-0.4, -0.2) is 13.7 Å². The molecule has 3 rings (SSSR count). The number of hydrogen-bond acceptors (Lipinski definition) is 2. The second-order valence-corrected chi connectivity index (χ2v) is 4.97. The quantitative estimate of drug-likeness (QED) is 0.720. The second kappa shape index (κ2) is 3.69. The lowest BCUT2D eigenvalue weighted by Crippen LogP contribution is -2.30. The summed E-state index contributed by atoms with van der Waals surface area (Å²) in [6.45, 7) is 0.850. The van der Waals surface area contributed by atoms with Gasteiger partial charge in [0, 0.05) is 11.0 Å². The standard InChI is InChI=1S/C14H18O2/c1-15-12-7-5-6-11-13(12)16-10-14(11)8-3-2-4-9-14/h5-7H,2-4,8-10H2,1H3. The fraction of sp³-hybridized carbons (Fsp3) is 0.571. The number of rotatable bonds is 1. The van der Waals surface area contributed by atoms with E-state index in [1.807, 2.05) is 6.07 Å². The summed E-state index contributed by atoms with van der Waals surface area (Å²) in [5.74, 6) is 1.88. The zero-order valence-corrected chi connectivity index (χ0v) is 9.79. The normalized spacial score (nSPS) is 21.6. The third-order valence-corrected chi connectivity index (χ3v) is 4.07. The first kappa shape index (κ1) is 10.0. The lowest BCUT2D eigenvalue weighted by atomic mass is 9.71. The van der Waals surface area contributed by atoms with E-state index < -0.39 is 0 Å². The molecule has 2 aliphatic rings. The van der Waals surface area contributed by atoms with Crippen LogP contribution in [0.4, 0.5) is 0 Å². The van der Waals surface area contributed by atoms with Gasteiger partial charge in [-0.25, -0.2) is 0 Å². The van der Waals surface area contributed by atoms with Gasteiger partial charge >= 0.3 is 0 Å². The molecule has 0 bridgehead atoms. The smallest absolute Gasteiger partial charge is 0.165 e. The molecule has 1 saturated carbocycles. The minimum Gasteiger partial charge on any atom is -0.493 e. The van der Waals surface area contributed by atoms with E-state index >= 15 is 0 Å². The number of fused-ring (bicyclic) bond motifs is 2. The number of benzene rings is 1. The Balaban J connectivity index is 2.04. The molecular formula is C14H18O2. The Morgan fingerprint density at radius 3 is 2.75 bits per heavy atom. The molecule has 0 radical (unpaired) electrons. The Bertz CT molecular complexity index is 392. The van der Waals surface area contributed by atoms with Crippen molar-refractivity contribution in [3.8, 4) is 11.5 Å². The Morgan fingerprint density at radius 2 is 2.00 bits per heavy atom. The zero-order valence-electron chi connectivity index (χ0n) is 9.79. The first-order valence-electron chi connectivity index (χ1n) is 6.16. The van der Waals surface area contributed by atoms with E-state index in [9.17, 15) is 0 Å². The molecule has 1 aliphatic carbocycles. The lowest BCUT2D eigenvalue weighted by molar-refractivity contribution is 0.209. The molecule has 0 unspecified atom stereocenters. The maximum atomic E-state index is 5.89. The van der Waals surface area contributed by atoms with E-state index in [1.54, 1.807) is 7.11 Å². The fourth-order valence-corrected chi connectivity index (χ4v) is 3.17. The number of ether oxygens (including phenoxy) is 2. The van der Waals surface area contributed by atoms with Crippen LogP contribution in [0, 0.1) is 0 Å². The molecule has 0 atom stereocenters. The number of para-hydroxylation sites is 1. The molecule has 2 heteroatoms. The number of hydrogen-bond donors (Lipinski definition) is 0. The summed E-state index contributed by atoms with van der Waals surface area (Å²) in [6.07, 6.45) is 6.58. The largest absolute Gasteiger partial charge is 0.493 e. The highest BCUT2D eigenvalue weighted by Gasteiger charge is 2.42. The highest BCUT2D eigenvalue weighted by molar-refractivity contribution is 5.53. The van der Waals surface area contributed by atoms with Crippen LogP contribution in [0.25, 0.3) is 0 Å². The molecular weight excluding hydrogens is 200 g/mol. The van der Waals surface area contributed by atoms with Crippen LogP contribution < -0.4 is 9.47 Å². The Kier molecular flexibility index (Phi) is 2.31. The summed E-state index contributed by atoms with van der Waals surface area (Å²) in [5, 5.41) is 0. The van der Waals surface area contributed by atoms with E-state index in [2.05, 4.69) is 12.1 Å². The van der Waals surface area contributed by atoms with Crippen LogP contribution in [-0.2, 0) is 5.41 Å². The van der Waals surface area contributed by atoms with Gasteiger partial charge < -0.3 is 9.47 Å². The summed E-state index contributed by atoms with van der Waals surface area (Å²) in [5.41, 5.74) is 1.67. The maximum Gasteiger partial charge on any atom is 0.165 e. The third kappa shape index (κ3) is 1.32. The fourth-order valence-electron chi connectivity index (χ4n) is 3.17. The summed E-state index contributed by atoms with van der Waals surface area (Å²) in [7, 11) is 1.71. The number of methoxy groups -OCH3 is 1. The van der Waals surface area contributed by atoms with Crippen LogP contribution in [0.15, 0.2) is 18.2 Å². The molecule has 1 aromatic rings. The van der Waals surface area contributed by atoms with Crippen molar-refractivity contribution in [2.45, 2.75) is 37.5 Å². The average Bonchev–Trinajstić information content (AvgIpc) is 2.70. The molecule has 1 heterocycles. The molecule has 1 aliphatic heterocycles. The summed E-state index contributed by atoms with van der Waals surface area (Å²) >= 11 is 0. The van der Waals surface area contributed by atoms with Crippen molar-refractivity contribution < 1.29 is 9.47 Å². The molecule has 1 fully saturated rings. The molecule has 0 amide bonds. The lowest BCUT2D eigenvalue weighted by Gasteiger charge is -2.32. The predicted octanol–water partition coefficient (Wildman–Crippen LogP) is 3.29. The first-order chi connectivity index (χ1) is 7.86. The summed E-state index contributed by atoms with van der Waals surface area (Å²) < 4.78 is 11.3. The SMILES string of the molecule is COc1cccc2c1OCC21CCCCC1. The molecule has 0 aromatic heterocycles. The summed E-state index contributed by atoms with van der Waals surface area (Å²) in [4.78, 5) is 0. The Hall–Kier alpha value is -1.18. The van der Waals surface area contributed by atoms with Crippen LogP contribution in [0.2, 0.25) is 0 Å². The van der Waals surface area contributed by atoms with E-state index in [-0.39, 0.29) is 0 Å². The van der Waals surface area contributed by atoms with E-state index in [0.717, 1.165) is 18.1 Å². The van der Waals surface area contributed by atoms with Crippen molar-refractivity contribution in [1.82, 2.24) is 0 Å². The van der Waals surface area contributed by atoms with E-state index in [4.69, 9.17) is 9.47 Å². The van der Waals surface area contributed by atoms with E-state index in [0.29, 0.717) is 5.41 Å². The molecule has 16 heavy (non-hydrogen) atoms. The van der Waals surface area contributed by atoms with Gasteiger partial charge in [-0.05, 0) is 18.9 Å². The van der Waals surface area contributed by atoms with Crippen molar-refractivity contribution in [3.63, 3.8) is 0 Å². The molecule has 2 nitrogen and oxygen atoms in total. The topological polar surface area (TPSA) is 18.5 Å². The van der Waals surface area contributed by atoms with E-state index in [1.165, 1.54) is 37.7 Å². The van der Waals surface area contributed by atoms with Gasteiger partial charge in [0.1, 0.15) is 0 Å². The van der Waals surface area contributed by atoms with Gasteiger partial charge in [0.15, 0.2) is 11.5 Å². The van der Waals surface area contributed by atoms with Crippen molar-refractivity contribution in [1.29, 1.82) is 0 Å². The monoisotopic (exact) mass is 218 g/mol. The Labute approximate surface area is 96.6 Å². The van der Waals surface area contributed by atoms with Crippen molar-refractivity contribution in [2.75, 3.05) is 13.7 Å².